The van der Waals surface area contributed by atoms with E-state index in [9.17, 15) is 24.0 Å². The Labute approximate surface area is 179 Å². The summed E-state index contributed by atoms with van der Waals surface area (Å²) in [7, 11) is 0. The van der Waals surface area contributed by atoms with Crippen LogP contribution in [0.25, 0.3) is 0 Å². The summed E-state index contributed by atoms with van der Waals surface area (Å²) in [6.45, 7) is 2.69. The molecular formula is C20H29N5O6. The fourth-order valence-corrected chi connectivity index (χ4v) is 2.68. The summed E-state index contributed by atoms with van der Waals surface area (Å²) in [5, 5.41) is 16.0. The molecule has 0 bridgehead atoms. The van der Waals surface area contributed by atoms with E-state index < -0.39 is 60.7 Å². The first-order valence-corrected chi connectivity index (χ1v) is 9.69. The molecule has 0 aliphatic heterocycles. The van der Waals surface area contributed by atoms with Gasteiger partial charge in [-0.1, -0.05) is 44.2 Å². The lowest BCUT2D eigenvalue weighted by Crippen LogP contribution is -2.55. The van der Waals surface area contributed by atoms with Crippen molar-refractivity contribution in [3.63, 3.8) is 0 Å². The van der Waals surface area contributed by atoms with Crippen molar-refractivity contribution in [3.8, 4) is 0 Å². The number of carboxylic acids is 1. The molecule has 1 aromatic rings. The Kier molecular flexibility index (Phi) is 10.1. The zero-order valence-corrected chi connectivity index (χ0v) is 17.5. The second-order valence-electron chi connectivity index (χ2n) is 7.37. The zero-order chi connectivity index (χ0) is 23.6. The predicted molar refractivity (Wildman–Crippen MR) is 111 cm³/mol. The lowest BCUT2D eigenvalue weighted by molar-refractivity contribution is -0.143. The van der Waals surface area contributed by atoms with E-state index in [4.69, 9.17) is 16.6 Å². The van der Waals surface area contributed by atoms with E-state index in [1.807, 2.05) is 6.07 Å². The number of benzene rings is 1. The molecule has 0 aliphatic carbocycles. The SMILES string of the molecule is CC(C)C(NC(=O)CNC(=O)C(CC(N)=O)NC(=O)C(N)Cc1ccccc1)C(=O)O. The van der Waals surface area contributed by atoms with Crippen LogP contribution in [-0.4, -0.2) is 59.4 Å². The number of nitrogens with two attached hydrogens (primary N) is 2. The number of primary amides is 1. The van der Waals surface area contributed by atoms with E-state index >= 15 is 0 Å². The van der Waals surface area contributed by atoms with Crippen LogP contribution in [0.15, 0.2) is 30.3 Å². The predicted octanol–water partition coefficient (Wildman–Crippen LogP) is -1.74. The maximum atomic E-state index is 12.4. The van der Waals surface area contributed by atoms with Crippen LogP contribution in [0.2, 0.25) is 0 Å². The first-order valence-electron chi connectivity index (χ1n) is 9.69. The molecule has 0 spiro atoms. The third-order valence-corrected chi connectivity index (χ3v) is 4.35. The molecule has 4 amide bonds. The van der Waals surface area contributed by atoms with Gasteiger partial charge in [-0.15, -0.1) is 0 Å². The second kappa shape index (κ2) is 12.3. The van der Waals surface area contributed by atoms with Gasteiger partial charge in [-0.3, -0.25) is 19.2 Å². The van der Waals surface area contributed by atoms with Crippen molar-refractivity contribution in [1.29, 1.82) is 0 Å². The molecule has 0 saturated carbocycles. The van der Waals surface area contributed by atoms with Gasteiger partial charge in [0.05, 0.1) is 19.0 Å². The molecule has 1 aromatic carbocycles. The number of carboxylic acid groups (broad SMARTS) is 1. The van der Waals surface area contributed by atoms with Gasteiger partial charge in [0, 0.05) is 0 Å². The van der Waals surface area contributed by atoms with Gasteiger partial charge in [0.15, 0.2) is 0 Å². The molecular weight excluding hydrogens is 406 g/mol. The Morgan fingerprint density at radius 3 is 2.13 bits per heavy atom. The minimum absolute atomic E-state index is 0.214. The monoisotopic (exact) mass is 435 g/mol. The van der Waals surface area contributed by atoms with Crippen LogP contribution in [0.5, 0.6) is 0 Å². The Morgan fingerprint density at radius 2 is 1.61 bits per heavy atom. The van der Waals surface area contributed by atoms with E-state index in [-0.39, 0.29) is 12.3 Å². The van der Waals surface area contributed by atoms with E-state index in [2.05, 4.69) is 16.0 Å². The number of nitrogens with one attached hydrogen (secondary N) is 3. The topological polar surface area (TPSA) is 194 Å². The summed E-state index contributed by atoms with van der Waals surface area (Å²) >= 11 is 0. The minimum Gasteiger partial charge on any atom is -0.480 e. The molecule has 170 valence electrons. The molecule has 3 atom stereocenters. The van der Waals surface area contributed by atoms with Crippen molar-refractivity contribution < 1.29 is 29.1 Å². The van der Waals surface area contributed by atoms with Crippen molar-refractivity contribution in [1.82, 2.24) is 16.0 Å². The second-order valence-corrected chi connectivity index (χ2v) is 7.37. The van der Waals surface area contributed by atoms with Gasteiger partial charge in [0.2, 0.25) is 23.6 Å². The Morgan fingerprint density at radius 1 is 1.00 bits per heavy atom. The largest absolute Gasteiger partial charge is 0.480 e. The minimum atomic E-state index is -1.33. The fraction of sp³-hybridized carbons (Fsp3) is 0.450. The molecule has 0 saturated heterocycles. The van der Waals surface area contributed by atoms with E-state index in [1.165, 1.54) is 0 Å². The van der Waals surface area contributed by atoms with Crippen molar-refractivity contribution in [2.45, 2.75) is 44.8 Å². The number of hydrogen-bond acceptors (Lipinski definition) is 6. The number of carbonyl (C=O) groups is 5. The molecule has 1 rings (SSSR count). The highest BCUT2D eigenvalue weighted by atomic mass is 16.4. The fourth-order valence-electron chi connectivity index (χ4n) is 2.68. The summed E-state index contributed by atoms with van der Waals surface area (Å²) in [5.41, 5.74) is 11.8. The Hall–Kier alpha value is -3.47. The summed E-state index contributed by atoms with van der Waals surface area (Å²) in [5.74, 6) is -4.65. The van der Waals surface area contributed by atoms with Crippen LogP contribution >= 0.6 is 0 Å². The molecule has 0 radical (unpaired) electrons. The molecule has 11 heteroatoms. The smallest absolute Gasteiger partial charge is 0.326 e. The van der Waals surface area contributed by atoms with Gasteiger partial charge < -0.3 is 32.5 Å². The molecule has 0 aromatic heterocycles. The summed E-state index contributed by atoms with van der Waals surface area (Å²) in [6, 6.07) is 5.56. The number of hydrogen-bond donors (Lipinski definition) is 6. The highest BCUT2D eigenvalue weighted by Gasteiger charge is 2.27. The third-order valence-electron chi connectivity index (χ3n) is 4.35. The van der Waals surface area contributed by atoms with Crippen LogP contribution in [0.4, 0.5) is 0 Å². The first kappa shape index (κ1) is 25.6. The van der Waals surface area contributed by atoms with Gasteiger partial charge in [-0.2, -0.15) is 0 Å². The number of amides is 4. The molecule has 3 unspecified atom stereocenters. The van der Waals surface area contributed by atoms with Gasteiger partial charge in [-0.05, 0) is 17.9 Å². The lowest BCUT2D eigenvalue weighted by Gasteiger charge is -2.21. The number of rotatable bonds is 12. The maximum absolute atomic E-state index is 12.4. The summed E-state index contributed by atoms with van der Waals surface area (Å²) in [6.07, 6.45) is -0.285. The Bertz CT molecular complexity index is 799. The molecule has 11 nitrogen and oxygen atoms in total. The van der Waals surface area contributed by atoms with Gasteiger partial charge in [-0.25, -0.2) is 4.79 Å². The van der Waals surface area contributed by atoms with Crippen molar-refractivity contribution in [2.24, 2.45) is 17.4 Å². The standard InChI is InChI=1S/C20H29N5O6/c1-11(2)17(20(30)31)25-16(27)10-23-19(29)14(9-15(22)26)24-18(28)13(21)8-12-6-4-3-5-7-12/h3-7,11,13-14,17H,8-10,21H2,1-2H3,(H2,22,26)(H,23,29)(H,24,28)(H,25,27)(H,30,31). The van der Waals surface area contributed by atoms with Crippen LogP contribution in [0.3, 0.4) is 0 Å². The summed E-state index contributed by atoms with van der Waals surface area (Å²) < 4.78 is 0. The van der Waals surface area contributed by atoms with Crippen LogP contribution in [-0.2, 0) is 30.4 Å². The van der Waals surface area contributed by atoms with Crippen LogP contribution in [0, 0.1) is 5.92 Å². The average Bonchev–Trinajstić information content (AvgIpc) is 2.69. The van der Waals surface area contributed by atoms with Crippen LogP contribution < -0.4 is 27.4 Å². The molecule has 0 fully saturated rings. The third kappa shape index (κ3) is 9.26. The molecule has 8 N–H and O–H groups in total. The van der Waals surface area contributed by atoms with Crippen molar-refractivity contribution in [2.75, 3.05) is 6.54 Å². The lowest BCUT2D eigenvalue weighted by atomic mass is 10.0. The van der Waals surface area contributed by atoms with E-state index in [0.717, 1.165) is 5.56 Å². The first-order chi connectivity index (χ1) is 14.5. The van der Waals surface area contributed by atoms with Crippen LogP contribution in [0.1, 0.15) is 25.8 Å². The maximum Gasteiger partial charge on any atom is 0.326 e. The van der Waals surface area contributed by atoms with Gasteiger partial charge in [0.25, 0.3) is 0 Å². The van der Waals surface area contributed by atoms with Gasteiger partial charge in [0.1, 0.15) is 12.1 Å². The van der Waals surface area contributed by atoms with Gasteiger partial charge >= 0.3 is 5.97 Å². The zero-order valence-electron chi connectivity index (χ0n) is 17.5. The van der Waals surface area contributed by atoms with E-state index in [0.29, 0.717) is 0 Å². The average molecular weight is 435 g/mol. The highest BCUT2D eigenvalue weighted by molar-refractivity contribution is 5.95. The Balaban J connectivity index is 2.67. The molecule has 0 heterocycles. The normalized spacial score (nSPS) is 13.5. The van der Waals surface area contributed by atoms with E-state index in [1.54, 1.807) is 38.1 Å². The highest BCUT2D eigenvalue weighted by Crippen LogP contribution is 2.03. The quantitative estimate of drug-likeness (QED) is 0.224. The molecule has 0 aliphatic rings. The number of aliphatic carboxylic acids is 1. The van der Waals surface area contributed by atoms with Crippen molar-refractivity contribution >= 4 is 29.6 Å². The van der Waals surface area contributed by atoms with Crippen molar-refractivity contribution in [3.05, 3.63) is 35.9 Å². The molecule has 31 heavy (non-hydrogen) atoms. The summed E-state index contributed by atoms with van der Waals surface area (Å²) in [4.78, 5) is 59.2. The number of carbonyl (C=O) groups excluding carboxylic acids is 4.